The van der Waals surface area contributed by atoms with Crippen LogP contribution in [0, 0.1) is 0 Å². The number of hydrogen-bond donors (Lipinski definition) is 0. The topological polar surface area (TPSA) is 34.5 Å². The highest BCUT2D eigenvalue weighted by Crippen LogP contribution is 2.04. The van der Waals surface area contributed by atoms with Gasteiger partial charge < -0.3 is 4.74 Å². The van der Waals surface area contributed by atoms with Crippen LogP contribution in [-0.2, 0) is 4.74 Å². The van der Waals surface area contributed by atoms with Crippen molar-refractivity contribution >= 4 is 22.1 Å². The van der Waals surface area contributed by atoms with Gasteiger partial charge in [-0.1, -0.05) is 6.07 Å². The Morgan fingerprint density at radius 3 is 3.15 bits per heavy atom. The van der Waals surface area contributed by atoms with Crippen LogP contribution < -0.4 is 0 Å². The molecule has 0 spiro atoms. The van der Waals surface area contributed by atoms with E-state index < -0.39 is 0 Å². The van der Waals surface area contributed by atoms with Crippen molar-refractivity contribution in [3.63, 3.8) is 0 Å². The molecule has 0 N–H and O–H groups in total. The van der Waals surface area contributed by atoms with E-state index in [1.54, 1.807) is 13.3 Å². The zero-order chi connectivity index (χ0) is 9.52. The molecule has 0 unspecified atom stereocenters. The average molecular weight is 243 g/mol. The molecule has 0 aliphatic carbocycles. The van der Waals surface area contributed by atoms with Gasteiger partial charge in [-0.25, -0.2) is 4.98 Å². The van der Waals surface area contributed by atoms with Gasteiger partial charge >= 0.3 is 0 Å². The molecule has 70 valence electrons. The first-order valence-corrected chi connectivity index (χ1v) is 4.73. The van der Waals surface area contributed by atoms with Gasteiger partial charge in [-0.15, -0.1) is 0 Å². The van der Waals surface area contributed by atoms with Crippen LogP contribution in [0.15, 0.2) is 27.8 Å². The van der Waals surface area contributed by atoms with Crippen molar-refractivity contribution in [3.05, 3.63) is 28.5 Å². The van der Waals surface area contributed by atoms with E-state index >= 15 is 0 Å². The Kier molecular flexibility index (Phi) is 4.64. The van der Waals surface area contributed by atoms with Gasteiger partial charge in [0.1, 0.15) is 4.60 Å². The molecule has 0 saturated carbocycles. The molecule has 0 saturated heterocycles. The molecule has 0 amide bonds. The Labute approximate surface area is 86.0 Å². The Morgan fingerprint density at radius 2 is 2.46 bits per heavy atom. The Bertz CT molecular complexity index is 289. The van der Waals surface area contributed by atoms with Crippen LogP contribution in [0.2, 0.25) is 0 Å². The number of nitrogens with zero attached hydrogens (tertiary/aromatic N) is 2. The van der Waals surface area contributed by atoms with E-state index in [0.717, 1.165) is 10.3 Å². The number of methoxy groups -OCH3 is 1. The van der Waals surface area contributed by atoms with Crippen molar-refractivity contribution < 1.29 is 4.74 Å². The number of aromatic nitrogens is 1. The van der Waals surface area contributed by atoms with Gasteiger partial charge in [0.05, 0.1) is 18.8 Å². The monoisotopic (exact) mass is 242 g/mol. The van der Waals surface area contributed by atoms with E-state index in [2.05, 4.69) is 25.9 Å². The third kappa shape index (κ3) is 4.15. The molecular formula is C9H11BrN2O. The van der Waals surface area contributed by atoms with E-state index in [1.165, 1.54) is 0 Å². The first-order chi connectivity index (χ1) is 6.33. The summed E-state index contributed by atoms with van der Waals surface area (Å²) < 4.78 is 5.68. The summed E-state index contributed by atoms with van der Waals surface area (Å²) in [6, 6.07) is 5.71. The Morgan fingerprint density at radius 1 is 1.62 bits per heavy atom. The zero-order valence-electron chi connectivity index (χ0n) is 7.40. The molecule has 0 bridgehead atoms. The molecule has 0 fully saturated rings. The largest absolute Gasteiger partial charge is 0.383 e. The van der Waals surface area contributed by atoms with E-state index in [0.29, 0.717) is 13.2 Å². The molecule has 1 rings (SSSR count). The highest BCUT2D eigenvalue weighted by atomic mass is 79.9. The van der Waals surface area contributed by atoms with Crippen molar-refractivity contribution in [2.45, 2.75) is 0 Å². The second kappa shape index (κ2) is 5.83. The third-order valence-electron chi connectivity index (χ3n) is 1.38. The minimum absolute atomic E-state index is 0.643. The molecule has 1 aromatic heterocycles. The minimum Gasteiger partial charge on any atom is -0.383 e. The number of ether oxygens (including phenoxy) is 1. The van der Waals surface area contributed by atoms with Gasteiger partial charge in [0.25, 0.3) is 0 Å². The first-order valence-electron chi connectivity index (χ1n) is 3.94. The van der Waals surface area contributed by atoms with Crippen molar-refractivity contribution in [2.75, 3.05) is 20.3 Å². The summed E-state index contributed by atoms with van der Waals surface area (Å²) in [5, 5.41) is 0. The molecule has 1 aromatic rings. The second-order valence-electron chi connectivity index (χ2n) is 2.41. The van der Waals surface area contributed by atoms with Crippen LogP contribution in [0.25, 0.3) is 0 Å². The fourth-order valence-electron chi connectivity index (χ4n) is 0.798. The van der Waals surface area contributed by atoms with Crippen molar-refractivity contribution in [2.24, 2.45) is 4.99 Å². The second-order valence-corrected chi connectivity index (χ2v) is 3.23. The highest BCUT2D eigenvalue weighted by molar-refractivity contribution is 9.10. The average Bonchev–Trinajstić information content (AvgIpc) is 2.13. The molecular weight excluding hydrogens is 232 g/mol. The molecule has 3 nitrogen and oxygen atoms in total. The van der Waals surface area contributed by atoms with Gasteiger partial charge in [-0.3, -0.25) is 4.99 Å². The number of aliphatic imine (C=N–C) groups is 1. The maximum absolute atomic E-state index is 4.86. The predicted molar refractivity (Wildman–Crippen MR) is 56.3 cm³/mol. The Balaban J connectivity index is 2.48. The van der Waals surface area contributed by atoms with Gasteiger partial charge in [0, 0.05) is 13.3 Å². The van der Waals surface area contributed by atoms with E-state index in [9.17, 15) is 0 Å². The van der Waals surface area contributed by atoms with Crippen LogP contribution in [0.1, 0.15) is 5.69 Å². The molecule has 13 heavy (non-hydrogen) atoms. The minimum atomic E-state index is 0.643. The molecule has 0 aliphatic heterocycles. The van der Waals surface area contributed by atoms with Crippen LogP contribution in [0.5, 0.6) is 0 Å². The van der Waals surface area contributed by atoms with E-state index in [4.69, 9.17) is 4.74 Å². The molecule has 0 aliphatic rings. The quantitative estimate of drug-likeness (QED) is 0.460. The molecule has 0 atom stereocenters. The summed E-state index contributed by atoms with van der Waals surface area (Å²) in [7, 11) is 1.66. The number of hydrogen-bond acceptors (Lipinski definition) is 3. The summed E-state index contributed by atoms with van der Waals surface area (Å²) in [5.41, 5.74) is 0.852. The maximum Gasteiger partial charge on any atom is 0.106 e. The summed E-state index contributed by atoms with van der Waals surface area (Å²) in [5.74, 6) is 0. The number of halogens is 1. The van der Waals surface area contributed by atoms with Crippen molar-refractivity contribution in [1.82, 2.24) is 4.98 Å². The van der Waals surface area contributed by atoms with Gasteiger partial charge in [-0.2, -0.15) is 0 Å². The lowest BCUT2D eigenvalue weighted by Gasteiger charge is -1.93. The number of rotatable bonds is 4. The SMILES string of the molecule is COCCN=Cc1cccc(Br)n1. The van der Waals surface area contributed by atoms with Crippen LogP contribution in [0.4, 0.5) is 0 Å². The normalized spacial score (nSPS) is 10.9. The predicted octanol–water partition coefficient (Wildman–Crippen LogP) is 1.91. The summed E-state index contributed by atoms with van der Waals surface area (Å²) in [6.07, 6.45) is 1.74. The van der Waals surface area contributed by atoms with Gasteiger partial charge in [0.15, 0.2) is 0 Å². The summed E-state index contributed by atoms with van der Waals surface area (Å²) >= 11 is 3.29. The molecule has 0 aromatic carbocycles. The standard InChI is InChI=1S/C9H11BrN2O/c1-13-6-5-11-7-8-3-2-4-9(10)12-8/h2-4,7H,5-6H2,1H3. The Hall–Kier alpha value is -0.740. The van der Waals surface area contributed by atoms with Crippen LogP contribution >= 0.6 is 15.9 Å². The summed E-state index contributed by atoms with van der Waals surface area (Å²) in [4.78, 5) is 8.34. The third-order valence-corrected chi connectivity index (χ3v) is 1.83. The summed E-state index contributed by atoms with van der Waals surface area (Å²) in [6.45, 7) is 1.31. The van der Waals surface area contributed by atoms with Crippen molar-refractivity contribution in [3.8, 4) is 0 Å². The fourth-order valence-corrected chi connectivity index (χ4v) is 1.16. The number of pyridine rings is 1. The van der Waals surface area contributed by atoms with E-state index in [1.807, 2.05) is 18.2 Å². The van der Waals surface area contributed by atoms with E-state index in [-0.39, 0.29) is 0 Å². The molecule has 4 heteroatoms. The highest BCUT2D eigenvalue weighted by Gasteiger charge is 1.89. The van der Waals surface area contributed by atoms with Crippen LogP contribution in [0.3, 0.4) is 0 Å². The maximum atomic E-state index is 4.86. The van der Waals surface area contributed by atoms with Crippen molar-refractivity contribution in [1.29, 1.82) is 0 Å². The van der Waals surface area contributed by atoms with Crippen LogP contribution in [-0.4, -0.2) is 31.5 Å². The lowest BCUT2D eigenvalue weighted by atomic mass is 10.4. The van der Waals surface area contributed by atoms with Gasteiger partial charge in [-0.05, 0) is 28.1 Å². The fraction of sp³-hybridized carbons (Fsp3) is 0.333. The zero-order valence-corrected chi connectivity index (χ0v) is 8.99. The smallest absolute Gasteiger partial charge is 0.106 e. The lowest BCUT2D eigenvalue weighted by molar-refractivity contribution is 0.208. The molecule has 0 radical (unpaired) electrons. The van der Waals surface area contributed by atoms with Gasteiger partial charge in [0.2, 0.25) is 0 Å². The first kappa shape index (κ1) is 10.3. The lowest BCUT2D eigenvalue weighted by Crippen LogP contribution is -1.94. The molecule has 1 heterocycles.